The van der Waals surface area contributed by atoms with Crippen LogP contribution in [0.15, 0.2) is 0 Å². The predicted molar refractivity (Wildman–Crippen MR) is 68.2 cm³/mol. The maximum atomic E-state index is 5.41. The minimum atomic E-state index is 0.375. The molecule has 0 rings (SSSR count). The van der Waals surface area contributed by atoms with E-state index in [-0.39, 0.29) is 0 Å². The zero-order chi connectivity index (χ0) is 11.7. The highest BCUT2D eigenvalue weighted by Gasteiger charge is 1.97. The fourth-order valence-corrected chi connectivity index (χ4v) is 1.24. The van der Waals surface area contributed by atoms with Crippen LogP contribution in [0.25, 0.3) is 0 Å². The average molecular weight is 233 g/mol. The quantitative estimate of drug-likeness (QED) is 0.493. The van der Waals surface area contributed by atoms with Gasteiger partial charge in [0, 0.05) is 19.1 Å². The van der Waals surface area contributed by atoms with Gasteiger partial charge in [0.2, 0.25) is 0 Å². The molecule has 0 spiro atoms. The molecule has 0 aliphatic heterocycles. The van der Waals surface area contributed by atoms with Crippen LogP contribution in [0, 0.1) is 0 Å². The number of hydrogen-bond acceptors (Lipinski definition) is 3. The predicted octanol–water partition coefficient (Wildman–Crippen LogP) is 0.437. The molecule has 0 aliphatic carbocycles. The monoisotopic (exact) mass is 233 g/mol. The largest absolute Gasteiger partial charge is 0.378 e. The van der Waals surface area contributed by atoms with Crippen molar-refractivity contribution in [3.63, 3.8) is 0 Å². The number of hydrogen-bond donors (Lipinski definition) is 2. The smallest absolute Gasteiger partial charge is 0.166 e. The van der Waals surface area contributed by atoms with E-state index in [0.29, 0.717) is 17.8 Å². The van der Waals surface area contributed by atoms with Crippen LogP contribution in [0.5, 0.6) is 0 Å². The van der Waals surface area contributed by atoms with Gasteiger partial charge in [-0.05, 0) is 40.2 Å². The van der Waals surface area contributed by atoms with E-state index < -0.39 is 0 Å². The molecule has 0 saturated carbocycles. The Labute approximate surface area is 98.4 Å². The first-order chi connectivity index (χ1) is 7.02. The highest BCUT2D eigenvalue weighted by molar-refractivity contribution is 7.80. The topological polar surface area (TPSA) is 36.5 Å². The van der Waals surface area contributed by atoms with Crippen LogP contribution in [0.4, 0.5) is 0 Å². The molecule has 0 aliphatic rings. The van der Waals surface area contributed by atoms with Gasteiger partial charge in [0.25, 0.3) is 0 Å². The summed E-state index contributed by atoms with van der Waals surface area (Å²) in [5, 5.41) is 6.89. The van der Waals surface area contributed by atoms with Crippen molar-refractivity contribution in [2.24, 2.45) is 0 Å². The van der Waals surface area contributed by atoms with Crippen LogP contribution in [0.1, 0.15) is 13.8 Å². The van der Waals surface area contributed by atoms with E-state index in [4.69, 9.17) is 17.0 Å². The first kappa shape index (κ1) is 14.6. The summed E-state index contributed by atoms with van der Waals surface area (Å²) < 4.78 is 5.41. The number of likely N-dealkylation sites (N-methyl/N-ethyl adjacent to an activating group) is 1. The average Bonchev–Trinajstić information content (AvgIpc) is 2.09. The second-order valence-corrected chi connectivity index (χ2v) is 4.38. The summed E-state index contributed by atoms with van der Waals surface area (Å²) in [6, 6.07) is 0.375. The Morgan fingerprint density at radius 3 is 2.53 bits per heavy atom. The molecule has 0 bridgehead atoms. The molecular formula is C10H23N3OS. The molecule has 0 atom stereocenters. The van der Waals surface area contributed by atoms with Crippen LogP contribution in [0.3, 0.4) is 0 Å². The molecule has 0 amide bonds. The van der Waals surface area contributed by atoms with Crippen LogP contribution in [-0.2, 0) is 4.74 Å². The van der Waals surface area contributed by atoms with E-state index in [1.54, 1.807) is 0 Å². The van der Waals surface area contributed by atoms with Crippen LogP contribution in [0.2, 0.25) is 0 Å². The van der Waals surface area contributed by atoms with Crippen LogP contribution >= 0.6 is 12.2 Å². The van der Waals surface area contributed by atoms with Crippen molar-refractivity contribution in [3.8, 4) is 0 Å². The van der Waals surface area contributed by atoms with Crippen molar-refractivity contribution >= 4 is 17.3 Å². The van der Waals surface area contributed by atoms with Crippen LogP contribution < -0.4 is 10.6 Å². The third kappa shape index (κ3) is 11.5. The fraction of sp³-hybridized carbons (Fsp3) is 0.900. The standard InChI is InChI=1S/C10H23N3OS/c1-9(2)12-10(15)11-5-7-14-8-6-13(3)4/h9H,5-8H2,1-4H3,(H2,11,12,15). The van der Waals surface area contributed by atoms with E-state index >= 15 is 0 Å². The van der Waals surface area contributed by atoms with Crippen molar-refractivity contribution in [2.45, 2.75) is 19.9 Å². The van der Waals surface area contributed by atoms with Gasteiger partial charge in [-0.25, -0.2) is 0 Å². The van der Waals surface area contributed by atoms with Gasteiger partial charge >= 0.3 is 0 Å². The SMILES string of the molecule is CC(C)NC(=S)NCCOCCN(C)C. The molecule has 0 aromatic rings. The van der Waals surface area contributed by atoms with Gasteiger partial charge in [-0.3, -0.25) is 0 Å². The summed E-state index contributed by atoms with van der Waals surface area (Å²) in [4.78, 5) is 2.10. The molecular weight excluding hydrogens is 210 g/mol. The van der Waals surface area contributed by atoms with E-state index in [1.165, 1.54) is 0 Å². The van der Waals surface area contributed by atoms with Gasteiger partial charge in [-0.2, -0.15) is 0 Å². The third-order valence-electron chi connectivity index (χ3n) is 1.63. The molecule has 0 unspecified atom stereocenters. The van der Waals surface area contributed by atoms with Gasteiger partial charge in [-0.15, -0.1) is 0 Å². The minimum Gasteiger partial charge on any atom is -0.378 e. The van der Waals surface area contributed by atoms with Crippen molar-refractivity contribution in [1.82, 2.24) is 15.5 Å². The molecule has 0 aromatic heterocycles. The first-order valence-corrected chi connectivity index (χ1v) is 5.70. The molecule has 2 N–H and O–H groups in total. The summed E-state index contributed by atoms with van der Waals surface area (Å²) in [5.74, 6) is 0. The van der Waals surface area contributed by atoms with Gasteiger partial charge in [-0.1, -0.05) is 0 Å². The molecule has 4 nitrogen and oxygen atoms in total. The molecule has 90 valence electrons. The second kappa shape index (κ2) is 8.88. The number of ether oxygens (including phenoxy) is 1. The van der Waals surface area contributed by atoms with E-state index in [1.807, 2.05) is 14.1 Å². The maximum absolute atomic E-state index is 5.41. The maximum Gasteiger partial charge on any atom is 0.166 e. The summed E-state index contributed by atoms with van der Waals surface area (Å²) in [6.45, 7) is 7.27. The Hall–Kier alpha value is -0.390. The summed E-state index contributed by atoms with van der Waals surface area (Å²) in [6.07, 6.45) is 0. The Bertz CT molecular complexity index is 174. The fourth-order valence-electron chi connectivity index (χ4n) is 0.899. The Kier molecular flexibility index (Phi) is 8.65. The number of rotatable bonds is 7. The number of nitrogens with one attached hydrogen (secondary N) is 2. The van der Waals surface area contributed by atoms with Crippen molar-refractivity contribution in [3.05, 3.63) is 0 Å². The molecule has 0 radical (unpaired) electrons. The van der Waals surface area contributed by atoms with Crippen molar-refractivity contribution in [2.75, 3.05) is 40.4 Å². The molecule has 0 saturated heterocycles. The second-order valence-electron chi connectivity index (χ2n) is 3.97. The normalized spacial score (nSPS) is 10.8. The summed E-state index contributed by atoms with van der Waals surface area (Å²) >= 11 is 5.06. The lowest BCUT2D eigenvalue weighted by molar-refractivity contribution is 0.122. The number of nitrogens with zero attached hydrogens (tertiary/aromatic N) is 1. The van der Waals surface area contributed by atoms with Crippen molar-refractivity contribution in [1.29, 1.82) is 0 Å². The van der Waals surface area contributed by atoms with E-state index in [0.717, 1.165) is 19.7 Å². The molecule has 15 heavy (non-hydrogen) atoms. The third-order valence-corrected chi connectivity index (χ3v) is 1.90. The van der Waals surface area contributed by atoms with Crippen molar-refractivity contribution < 1.29 is 4.74 Å². The number of thiocarbonyl (C=S) groups is 1. The first-order valence-electron chi connectivity index (χ1n) is 5.29. The lowest BCUT2D eigenvalue weighted by Gasteiger charge is -2.13. The van der Waals surface area contributed by atoms with Gasteiger partial charge in [0.15, 0.2) is 5.11 Å². The van der Waals surface area contributed by atoms with E-state index in [9.17, 15) is 0 Å². The lowest BCUT2D eigenvalue weighted by Crippen LogP contribution is -2.40. The highest BCUT2D eigenvalue weighted by atomic mass is 32.1. The molecule has 5 heteroatoms. The van der Waals surface area contributed by atoms with Crippen LogP contribution in [-0.4, -0.2) is 56.5 Å². The molecule has 0 fully saturated rings. The highest BCUT2D eigenvalue weighted by Crippen LogP contribution is 1.79. The van der Waals surface area contributed by atoms with E-state index in [2.05, 4.69) is 29.4 Å². The Morgan fingerprint density at radius 2 is 2.00 bits per heavy atom. The molecule has 0 heterocycles. The Balaban J connectivity index is 3.20. The minimum absolute atomic E-state index is 0.375. The summed E-state index contributed by atoms with van der Waals surface area (Å²) in [7, 11) is 4.06. The van der Waals surface area contributed by atoms with Gasteiger partial charge < -0.3 is 20.3 Å². The Morgan fingerprint density at radius 1 is 1.33 bits per heavy atom. The van der Waals surface area contributed by atoms with Gasteiger partial charge in [0.1, 0.15) is 0 Å². The summed E-state index contributed by atoms with van der Waals surface area (Å²) in [5.41, 5.74) is 0. The zero-order valence-corrected chi connectivity index (χ0v) is 11.0. The molecule has 0 aromatic carbocycles. The van der Waals surface area contributed by atoms with Gasteiger partial charge in [0.05, 0.1) is 13.2 Å². The lowest BCUT2D eigenvalue weighted by atomic mass is 10.4. The zero-order valence-electron chi connectivity index (χ0n) is 10.2.